The molecule has 34 nitrogen and oxygen atoms in total. The number of aliphatic hydroxyl groups excluding tert-OH is 7. The molecule has 12 N–H and O–H groups in total. The fourth-order valence-corrected chi connectivity index (χ4v) is 11.1. The number of rotatable bonds is 33. The van der Waals surface area contributed by atoms with Crippen molar-refractivity contribution in [2.24, 2.45) is 15.0 Å². The Balaban J connectivity index is 1.04. The van der Waals surface area contributed by atoms with E-state index in [1.807, 2.05) is 78.9 Å². The maximum Gasteiger partial charge on any atom is 0.335 e. The molecular weight excluding hydrogens is 1320 g/mol. The second-order valence-electron chi connectivity index (χ2n) is 22.6. The lowest BCUT2D eigenvalue weighted by molar-refractivity contribution is -0.387. The predicted molar refractivity (Wildman–Crippen MR) is 337 cm³/mol. The van der Waals surface area contributed by atoms with E-state index in [1.54, 1.807) is 48.6 Å². The van der Waals surface area contributed by atoms with Crippen molar-refractivity contribution in [1.29, 1.82) is 0 Å². The zero-order valence-electron chi connectivity index (χ0n) is 53.0. The van der Waals surface area contributed by atoms with Crippen LogP contribution < -0.4 is 0 Å². The summed E-state index contributed by atoms with van der Waals surface area (Å²) in [6.07, 6.45) is -40.0. The van der Waals surface area contributed by atoms with Crippen molar-refractivity contribution in [2.45, 2.75) is 154 Å². The first-order valence-electron chi connectivity index (χ1n) is 31.0. The van der Waals surface area contributed by atoms with Gasteiger partial charge in [0.2, 0.25) is 0 Å². The number of aliphatic hydroxyl groups is 7. The Morgan fingerprint density at radius 1 is 0.343 bits per heavy atom. The maximum atomic E-state index is 13.4. The minimum Gasteiger partial charge on any atom is -0.479 e. The van der Waals surface area contributed by atoms with Crippen molar-refractivity contribution in [1.82, 2.24) is 0 Å². The molecule has 0 bridgehead atoms. The minimum absolute atomic E-state index is 0.0120. The van der Waals surface area contributed by atoms with Crippen molar-refractivity contribution < 1.29 is 152 Å². The van der Waals surface area contributed by atoms with Gasteiger partial charge in [0.15, 0.2) is 62.0 Å². The van der Waals surface area contributed by atoms with E-state index < -0.39 is 197 Å². The molecule has 8 rings (SSSR count). The third-order valence-corrected chi connectivity index (χ3v) is 16.0. The highest BCUT2D eigenvalue weighted by Crippen LogP contribution is 2.38. The number of carboxylic acids is 5. The van der Waals surface area contributed by atoms with Crippen molar-refractivity contribution in [2.75, 3.05) is 53.7 Å². The van der Waals surface area contributed by atoms with Crippen molar-refractivity contribution >= 4 is 66.7 Å². The van der Waals surface area contributed by atoms with Crippen LogP contribution in [0, 0.1) is 0 Å². The zero-order valence-corrected chi connectivity index (χ0v) is 53.0. The maximum absolute atomic E-state index is 13.4. The average molecular weight is 1400 g/mol. The molecule has 0 amide bonds. The van der Waals surface area contributed by atoms with Gasteiger partial charge in [0.05, 0.1) is 39.5 Å². The number of methoxy groups -OCH3 is 2. The van der Waals surface area contributed by atoms with Gasteiger partial charge in [-0.2, -0.15) is 0 Å². The summed E-state index contributed by atoms with van der Waals surface area (Å²) in [5.74, 6) is -9.31. The van der Waals surface area contributed by atoms with Gasteiger partial charge in [-0.05, 0) is 34.9 Å². The van der Waals surface area contributed by atoms with Crippen molar-refractivity contribution in [3.8, 4) is 0 Å². The standard InChI is InChI=1S/C65H79N3O31/c1-86-43-36(69)38(71)61(95-51(43)56(76)77)92-46-41(74)49(89-31-28-67-25-13-22-34-17-8-4-9-18-34)65(98-54(46)59(82)83)94-47-42(75)50(90-32-29-68-26-14-23-35-19-10-5-11-20-35)64(99-55(47)60(84)85)93-44-37(70)39(72)62(96-52(44)57(78)79)91-45-40(73)48(63(87-2)97-53(45)58(80)81)88-30-27-66-24-12-21-33-15-6-3-7-16-33/h3-26,36-55,61-65,69-75H,27-32H2,1-2H3,(H,76,77)(H,78,79)(H,80,81)(H,82,83)(H,84,85)/b21-12+,22-13+,23-14+,66-24?,67-25?,68-26?. The number of allylic oxidation sites excluding steroid dienone is 3. The lowest BCUT2D eigenvalue weighted by Gasteiger charge is -2.49. The molecule has 99 heavy (non-hydrogen) atoms. The Hall–Kier alpha value is -7.60. The van der Waals surface area contributed by atoms with Crippen LogP contribution in [-0.2, 0) is 90.3 Å². The number of aliphatic carboxylic acids is 5. The van der Waals surface area contributed by atoms with Crippen LogP contribution in [0.15, 0.2) is 124 Å². The number of hydrogen-bond acceptors (Lipinski definition) is 29. The molecule has 5 aliphatic heterocycles. The molecular formula is C65H79N3O31. The summed E-state index contributed by atoms with van der Waals surface area (Å²) in [5, 5.41) is 134. The van der Waals surface area contributed by atoms with Gasteiger partial charge in [-0.25, -0.2) is 24.0 Å². The smallest absolute Gasteiger partial charge is 0.335 e. The van der Waals surface area contributed by atoms with Crippen LogP contribution in [0.25, 0.3) is 18.2 Å². The lowest BCUT2D eigenvalue weighted by atomic mass is 9.94. The van der Waals surface area contributed by atoms with Gasteiger partial charge in [0, 0.05) is 32.9 Å². The summed E-state index contributed by atoms with van der Waals surface area (Å²) in [6.45, 7) is -1.57. The summed E-state index contributed by atoms with van der Waals surface area (Å²) in [7, 11) is 2.14. The molecule has 0 spiro atoms. The van der Waals surface area contributed by atoms with Gasteiger partial charge in [-0.15, -0.1) is 0 Å². The van der Waals surface area contributed by atoms with Crippen LogP contribution in [0.1, 0.15) is 16.7 Å². The Morgan fingerprint density at radius 2 is 0.606 bits per heavy atom. The Kier molecular flexibility index (Phi) is 29.4. The van der Waals surface area contributed by atoms with E-state index >= 15 is 0 Å². The minimum atomic E-state index is -2.51. The van der Waals surface area contributed by atoms with Gasteiger partial charge in [0.1, 0.15) is 91.6 Å². The number of carbonyl (C=O) groups is 5. The largest absolute Gasteiger partial charge is 0.479 e. The third kappa shape index (κ3) is 20.3. The van der Waals surface area contributed by atoms with Gasteiger partial charge in [-0.1, -0.05) is 109 Å². The third-order valence-electron chi connectivity index (χ3n) is 16.0. The highest BCUT2D eigenvalue weighted by Gasteiger charge is 2.61. The van der Waals surface area contributed by atoms with Gasteiger partial charge in [-0.3, -0.25) is 15.0 Å². The topological polar surface area (TPSA) is 494 Å². The molecule has 0 radical (unpaired) electrons. The summed E-state index contributed by atoms with van der Waals surface area (Å²) in [6, 6.07) is 27.5. The van der Waals surface area contributed by atoms with E-state index in [0.717, 1.165) is 30.9 Å². The summed E-state index contributed by atoms with van der Waals surface area (Å²) < 4.78 is 80.1. The number of aliphatic imine (C=N–C) groups is 3. The molecule has 5 fully saturated rings. The first kappa shape index (κ1) is 77.1. The summed E-state index contributed by atoms with van der Waals surface area (Å²) >= 11 is 0. The normalized spacial score (nSPS) is 35.4. The quantitative estimate of drug-likeness (QED) is 0.0238. The zero-order chi connectivity index (χ0) is 71.3. The fraction of sp³-hybridized carbons (Fsp3) is 0.508. The summed E-state index contributed by atoms with van der Waals surface area (Å²) in [5.41, 5.74) is 2.54. The highest BCUT2D eigenvalue weighted by atomic mass is 16.8. The monoisotopic (exact) mass is 1400 g/mol. The molecule has 5 saturated heterocycles. The first-order chi connectivity index (χ1) is 47.6. The number of ether oxygens (including phenoxy) is 14. The molecule has 5 aliphatic rings. The van der Waals surface area contributed by atoms with Crippen molar-refractivity contribution in [3.63, 3.8) is 0 Å². The van der Waals surface area contributed by atoms with Crippen LogP contribution in [0.5, 0.6) is 0 Å². The van der Waals surface area contributed by atoms with Crippen LogP contribution >= 0.6 is 0 Å². The predicted octanol–water partition coefficient (Wildman–Crippen LogP) is -1.73. The molecule has 0 saturated carbocycles. The van der Waals surface area contributed by atoms with Crippen molar-refractivity contribution in [3.05, 3.63) is 126 Å². The Bertz CT molecular complexity index is 3240. The number of nitrogens with zero attached hydrogens (tertiary/aromatic N) is 3. The molecule has 25 atom stereocenters. The average Bonchev–Trinajstić information content (AvgIpc) is 0.768. The molecule has 3 aromatic carbocycles. The number of hydrogen-bond donors (Lipinski definition) is 12. The first-order valence-corrected chi connectivity index (χ1v) is 31.0. The Labute approximate surface area is 564 Å². The SMILES string of the molecule is COC1OC(C(=O)O)C(OC2OC(C(=O)O)C(OC3OC(C(=O)O)C(OC4OC(C(=O)O)C(OC5OC(C(=O)O)C(OC)C(O)C5O)C(O)C4OCCN=C/C=C/c4ccccc4)C(O)C3OCCN=C/C=C/c3ccccc3)C(O)C2O)C(O)C1OCCN=C/C=C/c1ccccc1. The van der Waals surface area contributed by atoms with E-state index in [4.69, 9.17) is 66.3 Å². The molecule has 34 heteroatoms. The van der Waals surface area contributed by atoms with E-state index in [2.05, 4.69) is 15.0 Å². The highest BCUT2D eigenvalue weighted by molar-refractivity contribution is 5.80. The van der Waals surface area contributed by atoms with Crippen LogP contribution in [0.4, 0.5) is 0 Å². The Morgan fingerprint density at radius 3 is 0.909 bits per heavy atom. The molecule has 25 unspecified atom stereocenters. The number of benzene rings is 3. The van der Waals surface area contributed by atoms with Crippen LogP contribution in [0.3, 0.4) is 0 Å². The van der Waals surface area contributed by atoms with E-state index in [0.29, 0.717) is 0 Å². The molecule has 3 aromatic rings. The molecule has 540 valence electrons. The number of carboxylic acid groups (broad SMARTS) is 5. The fourth-order valence-electron chi connectivity index (χ4n) is 11.1. The molecule has 0 aliphatic carbocycles. The van der Waals surface area contributed by atoms with Gasteiger partial charge < -0.3 is 128 Å². The van der Waals surface area contributed by atoms with Crippen LogP contribution in [0.2, 0.25) is 0 Å². The molecule has 5 heterocycles. The molecule has 0 aromatic heterocycles. The van der Waals surface area contributed by atoms with Gasteiger partial charge in [0.25, 0.3) is 0 Å². The van der Waals surface area contributed by atoms with E-state index in [1.165, 1.54) is 18.6 Å². The van der Waals surface area contributed by atoms with Crippen LogP contribution in [-0.4, -0.2) is 317 Å². The second kappa shape index (κ2) is 37.7. The van der Waals surface area contributed by atoms with E-state index in [-0.39, 0.29) is 26.2 Å². The van der Waals surface area contributed by atoms with Gasteiger partial charge >= 0.3 is 29.8 Å². The van der Waals surface area contributed by atoms with E-state index in [9.17, 15) is 85.3 Å². The summed E-state index contributed by atoms with van der Waals surface area (Å²) in [4.78, 5) is 77.4. The second-order valence-corrected chi connectivity index (χ2v) is 22.6. The lowest BCUT2D eigenvalue weighted by Crippen LogP contribution is -2.69.